The van der Waals surface area contributed by atoms with Crippen LogP contribution in [0.4, 0.5) is 17.6 Å². The van der Waals surface area contributed by atoms with Gasteiger partial charge >= 0.3 is 5.97 Å². The van der Waals surface area contributed by atoms with Gasteiger partial charge in [0, 0.05) is 39.9 Å². The second-order valence-electron chi connectivity index (χ2n) is 7.29. The van der Waals surface area contributed by atoms with E-state index in [-0.39, 0.29) is 11.3 Å². The summed E-state index contributed by atoms with van der Waals surface area (Å²) in [5.74, 6) is -5.32. The van der Waals surface area contributed by atoms with Gasteiger partial charge in [-0.1, -0.05) is 6.07 Å². The Morgan fingerprint density at radius 2 is 1.66 bits per heavy atom. The maximum atomic E-state index is 14.3. The number of carboxylic acid groups (broad SMARTS) is 1. The SMILES string of the molecule is Cc1c(-c2cccc(=O)n2Cc2cc(F)c(F)cc2F)c2cc(F)ccc2n1CC(=O)O. The van der Waals surface area contributed by atoms with Crippen molar-refractivity contribution in [1.82, 2.24) is 9.13 Å². The van der Waals surface area contributed by atoms with Crippen LogP contribution in [0.1, 0.15) is 11.3 Å². The van der Waals surface area contributed by atoms with Crippen molar-refractivity contribution in [2.45, 2.75) is 20.0 Å². The van der Waals surface area contributed by atoms with Crippen LogP contribution in [0.15, 0.2) is 53.3 Å². The summed E-state index contributed by atoms with van der Waals surface area (Å²) in [5.41, 5.74) is 0.694. The van der Waals surface area contributed by atoms with Crippen molar-refractivity contribution in [3.05, 3.63) is 93.4 Å². The highest BCUT2D eigenvalue weighted by Crippen LogP contribution is 2.35. The van der Waals surface area contributed by atoms with E-state index in [4.69, 9.17) is 0 Å². The Morgan fingerprint density at radius 3 is 2.38 bits per heavy atom. The molecule has 4 aromatic rings. The van der Waals surface area contributed by atoms with E-state index in [0.717, 1.165) is 4.57 Å². The number of fused-ring (bicyclic) bond motifs is 1. The average Bonchev–Trinajstić information content (AvgIpc) is 2.97. The van der Waals surface area contributed by atoms with Gasteiger partial charge in [0.25, 0.3) is 5.56 Å². The van der Waals surface area contributed by atoms with Crippen LogP contribution in [0.5, 0.6) is 0 Å². The predicted molar refractivity (Wildman–Crippen MR) is 109 cm³/mol. The van der Waals surface area contributed by atoms with Crippen LogP contribution >= 0.6 is 0 Å². The van der Waals surface area contributed by atoms with Crippen LogP contribution in [-0.4, -0.2) is 20.2 Å². The van der Waals surface area contributed by atoms with Crippen LogP contribution in [0.25, 0.3) is 22.2 Å². The highest BCUT2D eigenvalue weighted by molar-refractivity contribution is 5.98. The first-order chi connectivity index (χ1) is 15.2. The van der Waals surface area contributed by atoms with Crippen molar-refractivity contribution in [3.63, 3.8) is 0 Å². The van der Waals surface area contributed by atoms with Crippen molar-refractivity contribution < 1.29 is 27.5 Å². The van der Waals surface area contributed by atoms with E-state index in [0.29, 0.717) is 34.3 Å². The normalized spacial score (nSPS) is 11.3. The molecule has 0 radical (unpaired) electrons. The number of carbonyl (C=O) groups is 1. The molecule has 0 spiro atoms. The molecular formula is C23H16F4N2O3. The Bertz CT molecular complexity index is 1440. The predicted octanol–water partition coefficient (Wildman–Crippen LogP) is 4.47. The number of nitrogens with zero attached hydrogens (tertiary/aromatic N) is 2. The molecule has 2 aromatic carbocycles. The maximum Gasteiger partial charge on any atom is 0.323 e. The fourth-order valence-corrected chi connectivity index (χ4v) is 3.87. The highest BCUT2D eigenvalue weighted by atomic mass is 19.2. The van der Waals surface area contributed by atoms with Gasteiger partial charge in [0.2, 0.25) is 0 Å². The van der Waals surface area contributed by atoms with E-state index in [1.165, 1.54) is 41.0 Å². The quantitative estimate of drug-likeness (QED) is 0.365. The third kappa shape index (κ3) is 3.66. The lowest BCUT2D eigenvalue weighted by Crippen LogP contribution is -2.22. The smallest absolute Gasteiger partial charge is 0.323 e. The molecule has 9 heteroatoms. The first-order valence-electron chi connectivity index (χ1n) is 9.51. The molecule has 2 heterocycles. The lowest BCUT2D eigenvalue weighted by molar-refractivity contribution is -0.137. The lowest BCUT2D eigenvalue weighted by atomic mass is 10.1. The zero-order chi connectivity index (χ0) is 23.2. The van der Waals surface area contributed by atoms with E-state index in [1.54, 1.807) is 6.92 Å². The zero-order valence-corrected chi connectivity index (χ0v) is 16.7. The number of aromatic nitrogens is 2. The third-order valence-corrected chi connectivity index (χ3v) is 5.30. The molecule has 0 amide bonds. The third-order valence-electron chi connectivity index (χ3n) is 5.30. The standard InChI is InChI=1S/C23H16F4N2O3/c1-12-23(15-8-14(24)5-6-19(15)28(12)11-22(31)32)20-3-2-4-21(30)29(20)10-13-7-17(26)18(27)9-16(13)25/h2-9H,10-11H2,1H3,(H,31,32). The summed E-state index contributed by atoms with van der Waals surface area (Å²) in [6.07, 6.45) is 0. The Labute approximate surface area is 178 Å². The van der Waals surface area contributed by atoms with Gasteiger partial charge in [-0.3, -0.25) is 9.59 Å². The summed E-state index contributed by atoms with van der Waals surface area (Å²) in [4.78, 5) is 24.1. The van der Waals surface area contributed by atoms with Crippen molar-refractivity contribution in [2.75, 3.05) is 0 Å². The molecule has 5 nitrogen and oxygen atoms in total. The summed E-state index contributed by atoms with van der Waals surface area (Å²) in [7, 11) is 0. The van der Waals surface area contributed by atoms with Crippen molar-refractivity contribution in [1.29, 1.82) is 0 Å². The molecule has 0 aliphatic carbocycles. The molecule has 1 N–H and O–H groups in total. The van der Waals surface area contributed by atoms with Gasteiger partial charge in [-0.2, -0.15) is 0 Å². The molecule has 0 unspecified atom stereocenters. The van der Waals surface area contributed by atoms with Gasteiger partial charge in [0.05, 0.1) is 12.2 Å². The number of halogens is 4. The molecule has 164 valence electrons. The van der Waals surface area contributed by atoms with Gasteiger partial charge in [0.15, 0.2) is 11.6 Å². The fourth-order valence-electron chi connectivity index (χ4n) is 3.87. The molecule has 0 aliphatic heterocycles. The number of rotatable bonds is 5. The molecule has 32 heavy (non-hydrogen) atoms. The summed E-state index contributed by atoms with van der Waals surface area (Å²) in [5, 5.41) is 9.66. The first-order valence-corrected chi connectivity index (χ1v) is 9.51. The molecule has 2 aromatic heterocycles. The Balaban J connectivity index is 1.98. The number of aliphatic carboxylic acids is 1. The highest BCUT2D eigenvalue weighted by Gasteiger charge is 2.21. The topological polar surface area (TPSA) is 64.2 Å². The number of carboxylic acids is 1. The summed E-state index contributed by atoms with van der Waals surface area (Å²) in [6.45, 7) is 0.803. The molecular weight excluding hydrogens is 428 g/mol. The van der Waals surface area contributed by atoms with Crippen LogP contribution in [0.3, 0.4) is 0 Å². The van der Waals surface area contributed by atoms with E-state index < -0.39 is 47.9 Å². The van der Waals surface area contributed by atoms with E-state index in [1.807, 2.05) is 0 Å². The molecule has 0 fully saturated rings. The van der Waals surface area contributed by atoms with Crippen LogP contribution in [0, 0.1) is 30.2 Å². The van der Waals surface area contributed by atoms with Gasteiger partial charge in [-0.15, -0.1) is 0 Å². The molecule has 0 aliphatic rings. The summed E-state index contributed by atoms with van der Waals surface area (Å²) < 4.78 is 58.0. The largest absolute Gasteiger partial charge is 0.480 e. The molecule has 0 saturated carbocycles. The molecule has 0 saturated heterocycles. The van der Waals surface area contributed by atoms with Gasteiger partial charge in [0.1, 0.15) is 18.2 Å². The lowest BCUT2D eigenvalue weighted by Gasteiger charge is -2.14. The number of pyridine rings is 1. The van der Waals surface area contributed by atoms with E-state index in [9.17, 15) is 32.3 Å². The Kier molecular flexibility index (Phi) is 5.33. The maximum absolute atomic E-state index is 14.3. The van der Waals surface area contributed by atoms with E-state index >= 15 is 0 Å². The second kappa shape index (κ2) is 7.99. The first kappa shape index (κ1) is 21.4. The Hall–Kier alpha value is -3.88. The minimum Gasteiger partial charge on any atom is -0.480 e. The molecule has 4 rings (SSSR count). The summed E-state index contributed by atoms with van der Waals surface area (Å²) in [6, 6.07) is 9.13. The van der Waals surface area contributed by atoms with Crippen molar-refractivity contribution in [3.8, 4) is 11.3 Å². The second-order valence-corrected chi connectivity index (χ2v) is 7.29. The van der Waals surface area contributed by atoms with Crippen molar-refractivity contribution in [2.24, 2.45) is 0 Å². The molecule has 0 bridgehead atoms. The monoisotopic (exact) mass is 444 g/mol. The fraction of sp³-hybridized carbons (Fsp3) is 0.130. The molecule has 0 atom stereocenters. The van der Waals surface area contributed by atoms with Gasteiger partial charge in [-0.05, 0) is 37.3 Å². The minimum absolute atomic E-state index is 0.249. The van der Waals surface area contributed by atoms with Crippen LogP contribution in [-0.2, 0) is 17.9 Å². The van der Waals surface area contributed by atoms with Crippen molar-refractivity contribution >= 4 is 16.9 Å². The van der Waals surface area contributed by atoms with Gasteiger partial charge in [-0.25, -0.2) is 17.6 Å². The minimum atomic E-state index is -1.35. The number of hydrogen-bond acceptors (Lipinski definition) is 2. The Morgan fingerprint density at radius 1 is 0.938 bits per heavy atom. The van der Waals surface area contributed by atoms with E-state index in [2.05, 4.69) is 0 Å². The number of hydrogen-bond donors (Lipinski definition) is 1. The van der Waals surface area contributed by atoms with Gasteiger partial charge < -0.3 is 14.2 Å². The van der Waals surface area contributed by atoms with Crippen LogP contribution in [0.2, 0.25) is 0 Å². The summed E-state index contributed by atoms with van der Waals surface area (Å²) >= 11 is 0. The average molecular weight is 444 g/mol. The van der Waals surface area contributed by atoms with Crippen LogP contribution < -0.4 is 5.56 Å². The zero-order valence-electron chi connectivity index (χ0n) is 16.7. The number of benzene rings is 2.